The van der Waals surface area contributed by atoms with Gasteiger partial charge in [0.15, 0.2) is 5.65 Å². The van der Waals surface area contributed by atoms with Gasteiger partial charge in [-0.2, -0.15) is 0 Å². The summed E-state index contributed by atoms with van der Waals surface area (Å²) < 4.78 is 7.21. The van der Waals surface area contributed by atoms with E-state index in [1.807, 2.05) is 14.0 Å². The van der Waals surface area contributed by atoms with Gasteiger partial charge < -0.3 is 9.64 Å². The van der Waals surface area contributed by atoms with Gasteiger partial charge in [0.05, 0.1) is 12.5 Å². The number of benzene rings is 1. The Morgan fingerprint density at radius 1 is 1.19 bits per heavy atom. The van der Waals surface area contributed by atoms with Crippen LogP contribution in [0.25, 0.3) is 11.0 Å². The van der Waals surface area contributed by atoms with Crippen LogP contribution in [0.15, 0.2) is 24.3 Å². The Hall–Kier alpha value is -2.89. The third kappa shape index (κ3) is 3.91. The maximum Gasteiger partial charge on any atom is 0.242 e. The molecule has 0 aliphatic carbocycles. The molecule has 164 valence electrons. The van der Waals surface area contributed by atoms with E-state index >= 15 is 0 Å². The number of hydrogen-bond acceptors (Lipinski definition) is 4. The Labute approximate surface area is 184 Å². The summed E-state index contributed by atoms with van der Waals surface area (Å²) in [6, 6.07) is 8.99. The first-order valence-electron chi connectivity index (χ1n) is 11.0. The van der Waals surface area contributed by atoms with Crippen LogP contribution >= 0.6 is 0 Å². The van der Waals surface area contributed by atoms with Gasteiger partial charge in [-0.25, -0.2) is 9.67 Å². The van der Waals surface area contributed by atoms with E-state index in [1.54, 1.807) is 11.8 Å². The minimum Gasteiger partial charge on any atom is -0.479 e. The fourth-order valence-corrected chi connectivity index (χ4v) is 4.94. The fourth-order valence-electron chi connectivity index (χ4n) is 4.94. The van der Waals surface area contributed by atoms with Crippen LogP contribution in [0.3, 0.4) is 0 Å². The Kier molecular flexibility index (Phi) is 5.73. The highest BCUT2D eigenvalue weighted by Gasteiger charge is 2.33. The van der Waals surface area contributed by atoms with Crippen molar-refractivity contribution in [1.82, 2.24) is 19.7 Å². The number of hydrogen-bond donors (Lipinski definition) is 0. The van der Waals surface area contributed by atoms with Gasteiger partial charge in [0.25, 0.3) is 0 Å². The number of nitrogens with zero attached hydrogens (tertiary/aromatic N) is 4. The van der Waals surface area contributed by atoms with Crippen molar-refractivity contribution in [3.63, 3.8) is 0 Å². The number of aromatic nitrogens is 3. The largest absolute Gasteiger partial charge is 0.479 e. The smallest absolute Gasteiger partial charge is 0.242 e. The molecule has 0 bridgehead atoms. The second-order valence-electron chi connectivity index (χ2n) is 8.87. The molecule has 0 radical (unpaired) electrons. The van der Waals surface area contributed by atoms with Crippen LogP contribution < -0.4 is 4.74 Å². The molecular formula is C25H32N4O2. The molecule has 3 aromatic rings. The maximum absolute atomic E-state index is 13.1. The number of methoxy groups -OCH3 is 1. The Morgan fingerprint density at radius 3 is 2.58 bits per heavy atom. The summed E-state index contributed by atoms with van der Waals surface area (Å²) in [6.07, 6.45) is 2.19. The van der Waals surface area contributed by atoms with Crippen LogP contribution in [0, 0.1) is 20.8 Å². The molecule has 0 saturated carbocycles. The van der Waals surface area contributed by atoms with E-state index in [4.69, 9.17) is 9.72 Å². The quantitative estimate of drug-likeness (QED) is 0.619. The van der Waals surface area contributed by atoms with Gasteiger partial charge in [-0.3, -0.25) is 4.79 Å². The number of rotatable bonds is 5. The lowest BCUT2D eigenvalue weighted by atomic mass is 9.96. The van der Waals surface area contributed by atoms with Crippen LogP contribution in [-0.2, 0) is 18.3 Å². The second-order valence-corrected chi connectivity index (χ2v) is 8.87. The highest BCUT2D eigenvalue weighted by molar-refractivity contribution is 5.86. The van der Waals surface area contributed by atoms with Gasteiger partial charge in [0.2, 0.25) is 11.8 Å². The summed E-state index contributed by atoms with van der Waals surface area (Å²) in [5, 5.41) is 5.36. The van der Waals surface area contributed by atoms with Crippen LogP contribution in [0.4, 0.5) is 0 Å². The number of pyridine rings is 1. The number of likely N-dealkylation sites (tertiary alicyclic amines) is 1. The molecule has 0 spiro atoms. The number of amides is 1. The van der Waals surface area contributed by atoms with Crippen molar-refractivity contribution in [3.8, 4) is 5.88 Å². The predicted octanol–water partition coefficient (Wildman–Crippen LogP) is 4.24. The first-order valence-corrected chi connectivity index (χ1v) is 11.0. The standard InChI is InChI=1S/C25H32N4O2/c1-15-7-9-19(10-8-15)20-13-16(2)29(14-20)22(30)12-11-21-17(3)23-24(26-18(21)4)28(5)27-25(23)31-6/h7-10,16,20H,11-14H2,1-6H3/t16-,20+/m0/s1. The van der Waals surface area contributed by atoms with Crippen molar-refractivity contribution in [2.75, 3.05) is 13.7 Å². The highest BCUT2D eigenvalue weighted by Crippen LogP contribution is 2.33. The van der Waals surface area contributed by atoms with Crippen molar-refractivity contribution in [2.45, 2.75) is 58.9 Å². The van der Waals surface area contributed by atoms with Crippen molar-refractivity contribution in [3.05, 3.63) is 52.2 Å². The lowest BCUT2D eigenvalue weighted by Crippen LogP contribution is -2.34. The first kappa shape index (κ1) is 21.3. The van der Waals surface area contributed by atoms with Crippen LogP contribution in [-0.4, -0.2) is 45.3 Å². The van der Waals surface area contributed by atoms with Crippen molar-refractivity contribution < 1.29 is 9.53 Å². The minimum atomic E-state index is 0.221. The lowest BCUT2D eigenvalue weighted by Gasteiger charge is -2.22. The van der Waals surface area contributed by atoms with E-state index < -0.39 is 0 Å². The number of carbonyl (C=O) groups is 1. The summed E-state index contributed by atoms with van der Waals surface area (Å²) >= 11 is 0. The molecule has 1 amide bonds. The van der Waals surface area contributed by atoms with E-state index in [1.165, 1.54) is 11.1 Å². The van der Waals surface area contributed by atoms with Gasteiger partial charge in [-0.15, -0.1) is 5.10 Å². The fraction of sp³-hybridized carbons (Fsp3) is 0.480. The van der Waals surface area contributed by atoms with Gasteiger partial charge in [-0.05, 0) is 57.2 Å². The van der Waals surface area contributed by atoms with E-state index in [-0.39, 0.29) is 11.9 Å². The highest BCUT2D eigenvalue weighted by atomic mass is 16.5. The van der Waals surface area contributed by atoms with Gasteiger partial charge in [0, 0.05) is 37.7 Å². The van der Waals surface area contributed by atoms with E-state index in [0.29, 0.717) is 24.6 Å². The Balaban J connectivity index is 1.50. The third-order valence-electron chi connectivity index (χ3n) is 6.75. The molecule has 1 saturated heterocycles. The molecule has 0 unspecified atom stereocenters. The molecule has 1 fully saturated rings. The van der Waals surface area contributed by atoms with Crippen molar-refractivity contribution in [2.24, 2.45) is 7.05 Å². The molecule has 6 nitrogen and oxygen atoms in total. The summed E-state index contributed by atoms with van der Waals surface area (Å²) in [5.74, 6) is 1.23. The number of ether oxygens (including phenoxy) is 1. The Bertz CT molecular complexity index is 1120. The zero-order chi connectivity index (χ0) is 22.3. The van der Waals surface area contributed by atoms with Crippen LogP contribution in [0.2, 0.25) is 0 Å². The van der Waals surface area contributed by atoms with Crippen molar-refractivity contribution in [1.29, 1.82) is 0 Å². The zero-order valence-electron chi connectivity index (χ0n) is 19.4. The number of carbonyl (C=O) groups excluding carboxylic acids is 1. The topological polar surface area (TPSA) is 60.2 Å². The SMILES string of the molecule is COc1nn(C)c2nc(C)c(CCC(=O)N3C[C@H](c4ccc(C)cc4)C[C@@H]3C)c(C)c12. The van der Waals surface area contributed by atoms with Crippen molar-refractivity contribution >= 4 is 16.9 Å². The number of fused-ring (bicyclic) bond motifs is 1. The summed E-state index contributed by atoms with van der Waals surface area (Å²) in [6.45, 7) is 9.16. The molecule has 0 N–H and O–H groups in total. The molecule has 2 atom stereocenters. The third-order valence-corrected chi connectivity index (χ3v) is 6.75. The molecule has 1 aliphatic rings. The predicted molar refractivity (Wildman–Crippen MR) is 123 cm³/mol. The van der Waals surface area contributed by atoms with E-state index in [9.17, 15) is 4.79 Å². The summed E-state index contributed by atoms with van der Waals surface area (Å²) in [7, 11) is 3.50. The average Bonchev–Trinajstić information content (AvgIpc) is 3.28. The molecule has 31 heavy (non-hydrogen) atoms. The molecule has 2 aromatic heterocycles. The zero-order valence-corrected chi connectivity index (χ0v) is 19.4. The van der Waals surface area contributed by atoms with Crippen LogP contribution in [0.5, 0.6) is 5.88 Å². The maximum atomic E-state index is 13.1. The molecular weight excluding hydrogens is 388 g/mol. The molecule has 3 heterocycles. The Morgan fingerprint density at radius 2 is 1.90 bits per heavy atom. The molecule has 1 aromatic carbocycles. The van der Waals surface area contributed by atoms with Gasteiger partial charge in [0.1, 0.15) is 0 Å². The monoisotopic (exact) mass is 420 g/mol. The van der Waals surface area contributed by atoms with Crippen LogP contribution in [0.1, 0.15) is 53.6 Å². The lowest BCUT2D eigenvalue weighted by molar-refractivity contribution is -0.131. The number of aryl methyl sites for hydroxylation is 4. The summed E-state index contributed by atoms with van der Waals surface area (Å²) in [5.41, 5.74) is 6.59. The molecule has 6 heteroatoms. The second kappa shape index (κ2) is 8.33. The van der Waals surface area contributed by atoms with E-state index in [0.717, 1.165) is 40.8 Å². The molecule has 4 rings (SSSR count). The van der Waals surface area contributed by atoms with Gasteiger partial charge >= 0.3 is 0 Å². The normalized spacial score (nSPS) is 18.7. The average molecular weight is 421 g/mol. The first-order chi connectivity index (χ1) is 14.8. The van der Waals surface area contributed by atoms with E-state index in [2.05, 4.69) is 55.0 Å². The molecule has 1 aliphatic heterocycles. The minimum absolute atomic E-state index is 0.221. The summed E-state index contributed by atoms with van der Waals surface area (Å²) in [4.78, 5) is 19.9. The van der Waals surface area contributed by atoms with Gasteiger partial charge in [-0.1, -0.05) is 29.8 Å².